The predicted octanol–water partition coefficient (Wildman–Crippen LogP) is 1.51. The molecule has 0 aliphatic carbocycles. The van der Waals surface area contributed by atoms with Gasteiger partial charge in [-0.15, -0.1) is 0 Å². The Morgan fingerprint density at radius 2 is 2.29 bits per heavy atom. The lowest BCUT2D eigenvalue weighted by molar-refractivity contribution is 0.268. The van der Waals surface area contributed by atoms with Crippen molar-refractivity contribution in [2.75, 3.05) is 18.1 Å². The van der Waals surface area contributed by atoms with Gasteiger partial charge in [-0.2, -0.15) is 11.8 Å². The van der Waals surface area contributed by atoms with Gasteiger partial charge in [-0.25, -0.2) is 0 Å². The van der Waals surface area contributed by atoms with Gasteiger partial charge in [0.2, 0.25) is 0 Å². The highest BCUT2D eigenvalue weighted by molar-refractivity contribution is 8.00. The number of aliphatic hydroxyl groups excluding tert-OH is 1. The van der Waals surface area contributed by atoms with Crippen molar-refractivity contribution in [3.8, 4) is 0 Å². The lowest BCUT2D eigenvalue weighted by Gasteiger charge is -2.26. The second-order valence-electron chi connectivity index (χ2n) is 3.69. The molecule has 1 aromatic carbocycles. The Labute approximate surface area is 88.5 Å². The van der Waals surface area contributed by atoms with Gasteiger partial charge in [0.1, 0.15) is 0 Å². The van der Waals surface area contributed by atoms with Crippen LogP contribution in [-0.4, -0.2) is 23.2 Å². The Kier molecular flexibility index (Phi) is 3.11. The number of hydrogen-bond donors (Lipinski definition) is 2. The first-order chi connectivity index (χ1) is 6.81. The van der Waals surface area contributed by atoms with Gasteiger partial charge in [-0.1, -0.05) is 24.3 Å². The Balaban J connectivity index is 2.17. The molecule has 1 heterocycles. The Morgan fingerprint density at radius 3 is 2.86 bits per heavy atom. The summed E-state index contributed by atoms with van der Waals surface area (Å²) in [6.07, 6.45) is 0. The van der Waals surface area contributed by atoms with Gasteiger partial charge in [0, 0.05) is 17.4 Å². The smallest absolute Gasteiger partial charge is 0.0624 e. The summed E-state index contributed by atoms with van der Waals surface area (Å²) in [5.41, 5.74) is 8.18. The van der Waals surface area contributed by atoms with E-state index in [0.717, 1.165) is 5.56 Å². The largest absolute Gasteiger partial charge is 0.394 e. The van der Waals surface area contributed by atoms with Crippen LogP contribution in [0.4, 0.5) is 0 Å². The van der Waals surface area contributed by atoms with E-state index >= 15 is 0 Å². The monoisotopic (exact) mass is 209 g/mol. The molecule has 2 rings (SSSR count). The molecule has 0 radical (unpaired) electrons. The predicted molar refractivity (Wildman–Crippen MR) is 60.5 cm³/mol. The minimum atomic E-state index is -0.234. The van der Waals surface area contributed by atoms with Crippen molar-refractivity contribution >= 4 is 11.8 Å². The molecule has 76 valence electrons. The van der Waals surface area contributed by atoms with Crippen LogP contribution in [-0.2, 0) is 0 Å². The van der Waals surface area contributed by atoms with Gasteiger partial charge in [-0.3, -0.25) is 0 Å². The number of nitrogens with two attached hydrogens (primary N) is 1. The van der Waals surface area contributed by atoms with Crippen LogP contribution in [0.25, 0.3) is 0 Å². The lowest BCUT2D eigenvalue weighted by Crippen LogP contribution is -2.18. The molecule has 0 spiro atoms. The van der Waals surface area contributed by atoms with Gasteiger partial charge in [0.25, 0.3) is 0 Å². The third-order valence-corrected chi connectivity index (χ3v) is 3.92. The van der Waals surface area contributed by atoms with E-state index in [-0.39, 0.29) is 12.6 Å². The summed E-state index contributed by atoms with van der Waals surface area (Å²) in [5, 5.41) is 8.96. The fourth-order valence-electron chi connectivity index (χ4n) is 1.58. The summed E-state index contributed by atoms with van der Waals surface area (Å²) in [6.45, 7) is 0.0167. The lowest BCUT2D eigenvalue weighted by atomic mass is 9.97. The summed E-state index contributed by atoms with van der Waals surface area (Å²) in [6, 6.07) is 8.06. The summed E-state index contributed by atoms with van der Waals surface area (Å²) in [4.78, 5) is 0. The van der Waals surface area contributed by atoms with Crippen molar-refractivity contribution in [3.63, 3.8) is 0 Å². The third-order valence-electron chi connectivity index (χ3n) is 2.65. The molecule has 14 heavy (non-hydrogen) atoms. The first kappa shape index (κ1) is 10.0. The first-order valence-corrected chi connectivity index (χ1v) is 6.01. The quantitative estimate of drug-likeness (QED) is 0.793. The molecule has 1 unspecified atom stereocenters. The molecule has 1 aliphatic rings. The normalized spacial score (nSPS) is 19.0. The molecule has 1 aliphatic heterocycles. The van der Waals surface area contributed by atoms with E-state index in [1.54, 1.807) is 0 Å². The zero-order chi connectivity index (χ0) is 9.97. The van der Waals surface area contributed by atoms with Crippen molar-refractivity contribution < 1.29 is 5.11 Å². The maximum atomic E-state index is 8.96. The van der Waals surface area contributed by atoms with Gasteiger partial charge >= 0.3 is 0 Å². The highest BCUT2D eigenvalue weighted by Crippen LogP contribution is 2.34. The van der Waals surface area contributed by atoms with Gasteiger partial charge < -0.3 is 10.8 Å². The van der Waals surface area contributed by atoms with Crippen LogP contribution in [0.15, 0.2) is 24.3 Å². The summed E-state index contributed by atoms with van der Waals surface area (Å²) < 4.78 is 0. The second-order valence-corrected chi connectivity index (χ2v) is 4.77. The maximum Gasteiger partial charge on any atom is 0.0624 e. The molecule has 3 heteroatoms. The second kappa shape index (κ2) is 4.34. The molecular weight excluding hydrogens is 194 g/mol. The molecule has 0 saturated carbocycles. The van der Waals surface area contributed by atoms with Gasteiger partial charge in [-0.05, 0) is 11.1 Å². The Morgan fingerprint density at radius 1 is 1.50 bits per heavy atom. The SMILES string of the molecule is NC(CO)c1cccc(C2CSC2)c1. The number of hydrogen-bond acceptors (Lipinski definition) is 3. The summed E-state index contributed by atoms with van der Waals surface area (Å²) in [5.74, 6) is 3.14. The third kappa shape index (κ3) is 1.95. The molecule has 0 aromatic heterocycles. The minimum Gasteiger partial charge on any atom is -0.394 e. The molecule has 1 saturated heterocycles. The summed E-state index contributed by atoms with van der Waals surface area (Å²) in [7, 11) is 0. The van der Waals surface area contributed by atoms with Crippen molar-refractivity contribution in [1.29, 1.82) is 0 Å². The Bertz CT molecular complexity index is 292. The number of benzene rings is 1. The van der Waals surface area contributed by atoms with Gasteiger partial charge in [0.15, 0.2) is 0 Å². The fraction of sp³-hybridized carbons (Fsp3) is 0.455. The van der Waals surface area contributed by atoms with E-state index < -0.39 is 0 Å². The first-order valence-electron chi connectivity index (χ1n) is 4.85. The number of aliphatic hydroxyl groups is 1. The van der Waals surface area contributed by atoms with Crippen molar-refractivity contribution in [2.24, 2.45) is 5.73 Å². The van der Waals surface area contributed by atoms with Crippen LogP contribution in [0, 0.1) is 0 Å². The summed E-state index contributed by atoms with van der Waals surface area (Å²) >= 11 is 1.98. The van der Waals surface area contributed by atoms with Crippen LogP contribution >= 0.6 is 11.8 Å². The molecule has 3 N–H and O–H groups in total. The molecule has 1 atom stereocenters. The molecule has 0 amide bonds. The van der Waals surface area contributed by atoms with E-state index in [1.165, 1.54) is 17.1 Å². The van der Waals surface area contributed by atoms with Gasteiger partial charge in [0.05, 0.1) is 12.6 Å². The van der Waals surface area contributed by atoms with Crippen LogP contribution in [0.3, 0.4) is 0 Å². The van der Waals surface area contributed by atoms with Crippen molar-refractivity contribution in [3.05, 3.63) is 35.4 Å². The van der Waals surface area contributed by atoms with E-state index in [9.17, 15) is 0 Å². The minimum absolute atomic E-state index is 0.0167. The molecule has 1 aromatic rings. The highest BCUT2D eigenvalue weighted by atomic mass is 32.2. The van der Waals surface area contributed by atoms with Crippen LogP contribution in [0.5, 0.6) is 0 Å². The van der Waals surface area contributed by atoms with Crippen LogP contribution < -0.4 is 5.73 Å². The molecule has 0 bridgehead atoms. The molecule has 2 nitrogen and oxygen atoms in total. The van der Waals surface area contributed by atoms with Crippen LogP contribution in [0.1, 0.15) is 23.1 Å². The topological polar surface area (TPSA) is 46.2 Å². The molecular formula is C11H15NOS. The average Bonchev–Trinajstić information content (AvgIpc) is 2.14. The maximum absolute atomic E-state index is 8.96. The van der Waals surface area contributed by atoms with Crippen LogP contribution in [0.2, 0.25) is 0 Å². The van der Waals surface area contributed by atoms with E-state index in [0.29, 0.717) is 5.92 Å². The zero-order valence-electron chi connectivity index (χ0n) is 8.02. The van der Waals surface area contributed by atoms with Crippen molar-refractivity contribution in [1.82, 2.24) is 0 Å². The van der Waals surface area contributed by atoms with E-state index in [2.05, 4.69) is 12.1 Å². The van der Waals surface area contributed by atoms with Crippen molar-refractivity contribution in [2.45, 2.75) is 12.0 Å². The molecule has 1 fully saturated rings. The zero-order valence-corrected chi connectivity index (χ0v) is 8.83. The van der Waals surface area contributed by atoms with E-state index in [4.69, 9.17) is 10.8 Å². The number of thioether (sulfide) groups is 1. The van der Waals surface area contributed by atoms with E-state index in [1.807, 2.05) is 23.9 Å². The highest BCUT2D eigenvalue weighted by Gasteiger charge is 2.20. The number of rotatable bonds is 3. The average molecular weight is 209 g/mol. The standard InChI is InChI=1S/C11H15NOS/c12-11(5-13)9-3-1-2-8(4-9)10-6-14-7-10/h1-4,10-11,13H,5-7,12H2. The fourth-order valence-corrected chi connectivity index (χ4v) is 2.43. The Hall–Kier alpha value is -0.510.